The zero-order valence-corrected chi connectivity index (χ0v) is 10.9. The van der Waals surface area contributed by atoms with Crippen LogP contribution in [0.4, 0.5) is 0 Å². The first-order valence-electron chi connectivity index (χ1n) is 4.91. The maximum atomic E-state index is 12.1. The average Bonchev–Trinajstić information content (AvgIpc) is 2.40. The van der Waals surface area contributed by atoms with E-state index in [0.29, 0.717) is 0 Å². The van der Waals surface area contributed by atoms with Gasteiger partial charge in [0.2, 0.25) is 11.9 Å². The second kappa shape index (κ2) is 5.91. The Kier molecular flexibility index (Phi) is 4.76. The molecule has 0 fully saturated rings. The van der Waals surface area contributed by atoms with Crippen LogP contribution >= 0.6 is 16.3 Å². The van der Waals surface area contributed by atoms with Crippen molar-refractivity contribution in [3.63, 3.8) is 0 Å². The minimum Gasteiger partial charge on any atom is -0.479 e. The van der Waals surface area contributed by atoms with E-state index in [0.717, 1.165) is 0 Å². The van der Waals surface area contributed by atoms with Gasteiger partial charge in [-0.2, -0.15) is 0 Å². The third-order valence-electron chi connectivity index (χ3n) is 2.43. The quantitative estimate of drug-likeness (QED) is 0.511. The lowest BCUT2D eigenvalue weighted by Gasteiger charge is -2.27. The monoisotopic (exact) mass is 332 g/mol. The van der Waals surface area contributed by atoms with Gasteiger partial charge in [0.1, 0.15) is 16.3 Å². The van der Waals surface area contributed by atoms with Crippen molar-refractivity contribution in [2.75, 3.05) is 0 Å². The fourth-order valence-corrected chi connectivity index (χ4v) is 1.89. The van der Waals surface area contributed by atoms with Gasteiger partial charge in [0, 0.05) is 5.56 Å². The normalized spacial score (nSPS) is 15.3. The Morgan fingerprint density at radius 3 is 2.05 bits per heavy atom. The lowest BCUT2D eigenvalue weighted by Crippen LogP contribution is -2.59. The summed E-state index contributed by atoms with van der Waals surface area (Å²) in [4.78, 5) is 34.1. The van der Waals surface area contributed by atoms with Gasteiger partial charge in [0.25, 0.3) is 5.60 Å². The number of aliphatic hydroxyl groups is 1. The largest absolute Gasteiger partial charge is 0.479 e. The standard InChI is InChI=1S/C11H9BrO7/c12-19-11(10(17)18,8(14)9(15)16)7(13)6-4-2-1-3-5-6/h1-5,8,14H,(H,15,16)(H,17,18)/t8-,11+/m0/s1. The van der Waals surface area contributed by atoms with Gasteiger partial charge < -0.3 is 15.3 Å². The summed E-state index contributed by atoms with van der Waals surface area (Å²) >= 11 is 2.32. The molecule has 2 atom stereocenters. The predicted octanol–water partition coefficient (Wildman–Crippen LogP) is 0.465. The molecule has 7 nitrogen and oxygen atoms in total. The van der Waals surface area contributed by atoms with Crippen LogP contribution in [0.3, 0.4) is 0 Å². The molecule has 0 heterocycles. The number of benzene rings is 1. The van der Waals surface area contributed by atoms with E-state index in [4.69, 9.17) is 10.2 Å². The van der Waals surface area contributed by atoms with Gasteiger partial charge in [-0.1, -0.05) is 30.3 Å². The van der Waals surface area contributed by atoms with Gasteiger partial charge in [-0.3, -0.25) is 8.62 Å². The van der Waals surface area contributed by atoms with E-state index in [2.05, 4.69) is 20.1 Å². The summed E-state index contributed by atoms with van der Waals surface area (Å²) in [6.07, 6.45) is -2.57. The van der Waals surface area contributed by atoms with Gasteiger partial charge in [0.15, 0.2) is 0 Å². The molecule has 0 amide bonds. The zero-order valence-electron chi connectivity index (χ0n) is 9.32. The average molecular weight is 333 g/mol. The summed E-state index contributed by atoms with van der Waals surface area (Å²) in [5.41, 5.74) is -3.07. The fourth-order valence-electron chi connectivity index (χ4n) is 1.43. The van der Waals surface area contributed by atoms with E-state index in [-0.39, 0.29) is 5.56 Å². The molecule has 0 bridgehead atoms. The number of ketones is 1. The Balaban J connectivity index is 3.36. The molecule has 1 aromatic carbocycles. The molecule has 0 aliphatic heterocycles. The number of carboxylic acid groups (broad SMARTS) is 2. The second-order valence-corrected chi connectivity index (χ2v) is 3.88. The van der Waals surface area contributed by atoms with E-state index < -0.39 is 29.4 Å². The molecule has 0 unspecified atom stereocenters. The van der Waals surface area contributed by atoms with Gasteiger partial charge >= 0.3 is 11.9 Å². The molecule has 8 heteroatoms. The molecule has 0 aliphatic rings. The molecule has 0 aromatic heterocycles. The minimum absolute atomic E-state index is 0.107. The van der Waals surface area contributed by atoms with E-state index in [1.165, 1.54) is 24.3 Å². The molecule has 1 rings (SSSR count). The van der Waals surface area contributed by atoms with Crippen LogP contribution in [-0.2, 0) is 13.4 Å². The van der Waals surface area contributed by atoms with Crippen molar-refractivity contribution in [3.05, 3.63) is 35.9 Å². The number of carboxylic acids is 2. The van der Waals surface area contributed by atoms with Crippen LogP contribution in [0.15, 0.2) is 30.3 Å². The Bertz CT molecular complexity index is 501. The van der Waals surface area contributed by atoms with E-state index in [1.54, 1.807) is 6.07 Å². The first kappa shape index (κ1) is 15.3. The van der Waals surface area contributed by atoms with Crippen molar-refractivity contribution in [2.24, 2.45) is 0 Å². The minimum atomic E-state index is -2.97. The Morgan fingerprint density at radius 1 is 1.16 bits per heavy atom. The predicted molar refractivity (Wildman–Crippen MR) is 64.8 cm³/mol. The summed E-state index contributed by atoms with van der Waals surface area (Å²) in [5, 5.41) is 27.3. The third-order valence-corrected chi connectivity index (χ3v) is 2.94. The molecule has 3 N–H and O–H groups in total. The lowest BCUT2D eigenvalue weighted by atomic mass is 9.87. The highest BCUT2D eigenvalue weighted by Gasteiger charge is 2.57. The van der Waals surface area contributed by atoms with E-state index in [1.807, 2.05) is 0 Å². The third kappa shape index (κ3) is 2.65. The summed E-state index contributed by atoms with van der Waals surface area (Å²) in [6.45, 7) is 0. The van der Waals surface area contributed by atoms with Crippen LogP contribution in [0.1, 0.15) is 10.4 Å². The number of carbonyl (C=O) groups is 3. The summed E-state index contributed by atoms with van der Waals surface area (Å²) < 4.78 is 4.37. The summed E-state index contributed by atoms with van der Waals surface area (Å²) in [5.74, 6) is -5.01. The van der Waals surface area contributed by atoms with Crippen LogP contribution in [0.2, 0.25) is 0 Å². The van der Waals surface area contributed by atoms with Crippen molar-refractivity contribution >= 4 is 34.0 Å². The van der Waals surface area contributed by atoms with Crippen LogP contribution in [0.5, 0.6) is 0 Å². The van der Waals surface area contributed by atoms with Gasteiger partial charge in [-0.25, -0.2) is 9.59 Å². The number of halogens is 1. The number of rotatable bonds is 6. The molecule has 102 valence electrons. The molecular formula is C11H9BrO7. The highest BCUT2D eigenvalue weighted by Crippen LogP contribution is 2.26. The number of hydrogen-bond donors (Lipinski definition) is 3. The second-order valence-electron chi connectivity index (χ2n) is 3.55. The highest BCUT2D eigenvalue weighted by molar-refractivity contribution is 9.06. The molecule has 0 saturated heterocycles. The number of carbonyl (C=O) groups excluding carboxylic acids is 1. The number of hydrogen-bond acceptors (Lipinski definition) is 5. The van der Waals surface area contributed by atoms with Crippen molar-refractivity contribution in [3.8, 4) is 0 Å². The van der Waals surface area contributed by atoms with Crippen LogP contribution in [-0.4, -0.2) is 44.7 Å². The first-order chi connectivity index (χ1) is 8.87. The molecule has 0 radical (unpaired) electrons. The van der Waals surface area contributed by atoms with Crippen LogP contribution < -0.4 is 0 Å². The Morgan fingerprint density at radius 2 is 1.68 bits per heavy atom. The zero-order chi connectivity index (χ0) is 14.6. The smallest absolute Gasteiger partial charge is 0.348 e. The molecule has 1 aromatic rings. The van der Waals surface area contributed by atoms with Crippen molar-refractivity contribution in [1.82, 2.24) is 0 Å². The molecule has 0 aliphatic carbocycles. The Hall–Kier alpha value is -1.77. The van der Waals surface area contributed by atoms with Gasteiger partial charge in [-0.15, -0.1) is 0 Å². The van der Waals surface area contributed by atoms with Crippen molar-refractivity contribution in [2.45, 2.75) is 11.7 Å². The first-order valence-corrected chi connectivity index (χ1v) is 5.56. The molecule has 19 heavy (non-hydrogen) atoms. The van der Waals surface area contributed by atoms with Gasteiger partial charge in [-0.05, 0) is 0 Å². The topological polar surface area (TPSA) is 121 Å². The van der Waals surface area contributed by atoms with E-state index in [9.17, 15) is 19.5 Å². The number of Topliss-reactive ketones (excluding diaryl/α,β-unsaturated/α-hetero) is 1. The van der Waals surface area contributed by atoms with Crippen LogP contribution in [0, 0.1) is 0 Å². The fraction of sp³-hybridized carbons (Fsp3) is 0.182. The molecule has 0 spiro atoms. The van der Waals surface area contributed by atoms with Crippen LogP contribution in [0.25, 0.3) is 0 Å². The Labute approximate surface area is 115 Å². The molecular weight excluding hydrogens is 324 g/mol. The summed E-state index contributed by atoms with van der Waals surface area (Å²) in [6, 6.07) is 7.06. The number of aliphatic carboxylic acids is 2. The lowest BCUT2D eigenvalue weighted by molar-refractivity contribution is -0.170. The summed E-state index contributed by atoms with van der Waals surface area (Å²) in [7, 11) is 0. The molecule has 0 saturated carbocycles. The number of aliphatic hydroxyl groups excluding tert-OH is 1. The van der Waals surface area contributed by atoms with Crippen molar-refractivity contribution in [1.29, 1.82) is 0 Å². The maximum Gasteiger partial charge on any atom is 0.348 e. The maximum absolute atomic E-state index is 12.1. The highest BCUT2D eigenvalue weighted by atomic mass is 79.9. The van der Waals surface area contributed by atoms with Gasteiger partial charge in [0.05, 0.1) is 0 Å². The SMILES string of the molecule is O=C(O)[C@H](O)[C@@](OBr)(C(=O)O)C(=O)c1ccccc1. The van der Waals surface area contributed by atoms with E-state index >= 15 is 0 Å². The van der Waals surface area contributed by atoms with Crippen molar-refractivity contribution < 1.29 is 33.5 Å².